The zero-order chi connectivity index (χ0) is 12.8. The van der Waals surface area contributed by atoms with E-state index >= 15 is 0 Å². The maximum Gasteiger partial charge on any atom is 0.159 e. The van der Waals surface area contributed by atoms with E-state index < -0.39 is 0 Å². The van der Waals surface area contributed by atoms with E-state index in [0.29, 0.717) is 11.2 Å². The molecule has 0 bridgehead atoms. The Balaban J connectivity index is 1.83. The molecule has 19 heavy (non-hydrogen) atoms. The Labute approximate surface area is 117 Å². The Hall–Kier alpha value is -1.29. The highest BCUT2D eigenvalue weighted by Crippen LogP contribution is 2.37. The zero-order valence-electron chi connectivity index (χ0n) is 10.8. The molecule has 0 amide bonds. The van der Waals surface area contributed by atoms with Crippen LogP contribution in [0.2, 0.25) is 5.15 Å². The van der Waals surface area contributed by atoms with E-state index in [1.54, 1.807) is 6.20 Å². The number of hydrogen-bond acceptors (Lipinski definition) is 3. The predicted octanol–water partition coefficient (Wildman–Crippen LogP) is 3.08. The van der Waals surface area contributed by atoms with E-state index in [9.17, 15) is 0 Å². The van der Waals surface area contributed by atoms with Crippen LogP contribution >= 0.6 is 11.6 Å². The van der Waals surface area contributed by atoms with Gasteiger partial charge < -0.3 is 4.90 Å². The monoisotopic (exact) mass is 276 g/mol. The van der Waals surface area contributed by atoms with Crippen molar-refractivity contribution in [1.82, 2.24) is 14.6 Å². The van der Waals surface area contributed by atoms with Crippen molar-refractivity contribution in [1.29, 1.82) is 0 Å². The summed E-state index contributed by atoms with van der Waals surface area (Å²) in [6.07, 6.45) is 9.45. The molecule has 1 fully saturated rings. The maximum atomic E-state index is 6.33. The van der Waals surface area contributed by atoms with Gasteiger partial charge in [-0.2, -0.15) is 9.61 Å². The second kappa shape index (κ2) is 4.37. The molecular formula is C14H17ClN4. The molecular weight excluding hydrogens is 260 g/mol. The van der Waals surface area contributed by atoms with Gasteiger partial charge in [0.25, 0.3) is 0 Å². The van der Waals surface area contributed by atoms with Crippen LogP contribution in [0.1, 0.15) is 37.7 Å². The van der Waals surface area contributed by atoms with Gasteiger partial charge in [-0.15, -0.1) is 0 Å². The highest BCUT2D eigenvalue weighted by molar-refractivity contribution is 6.30. The van der Waals surface area contributed by atoms with Crippen LogP contribution in [0.25, 0.3) is 5.65 Å². The third-order valence-corrected chi connectivity index (χ3v) is 4.76. The first-order valence-electron chi connectivity index (χ1n) is 7.13. The summed E-state index contributed by atoms with van der Waals surface area (Å²) in [5.41, 5.74) is 2.02. The van der Waals surface area contributed by atoms with Gasteiger partial charge >= 0.3 is 0 Å². The number of rotatable bonds is 1. The summed E-state index contributed by atoms with van der Waals surface area (Å²) in [7, 11) is 0. The number of nitrogens with zero attached hydrogens (tertiary/aromatic N) is 4. The van der Waals surface area contributed by atoms with Crippen molar-refractivity contribution < 1.29 is 0 Å². The van der Waals surface area contributed by atoms with Crippen LogP contribution in [0, 0.1) is 0 Å². The Kier molecular flexibility index (Phi) is 2.65. The topological polar surface area (TPSA) is 33.4 Å². The van der Waals surface area contributed by atoms with Crippen LogP contribution in [0.3, 0.4) is 0 Å². The van der Waals surface area contributed by atoms with Gasteiger partial charge in [0.1, 0.15) is 11.0 Å². The van der Waals surface area contributed by atoms with Gasteiger partial charge in [0.2, 0.25) is 0 Å². The van der Waals surface area contributed by atoms with Gasteiger partial charge in [-0.3, -0.25) is 0 Å². The molecule has 0 aromatic carbocycles. The first kappa shape index (κ1) is 11.5. The summed E-state index contributed by atoms with van der Waals surface area (Å²) in [6.45, 7) is 1.06. The quantitative estimate of drug-likeness (QED) is 0.751. The Morgan fingerprint density at radius 1 is 1.21 bits per heavy atom. The fourth-order valence-electron chi connectivity index (χ4n) is 3.53. The minimum atomic E-state index is 0.654. The van der Waals surface area contributed by atoms with E-state index in [-0.39, 0.29) is 0 Å². The van der Waals surface area contributed by atoms with Crippen molar-refractivity contribution in [2.24, 2.45) is 0 Å². The van der Waals surface area contributed by atoms with Gasteiger partial charge in [0.05, 0.1) is 6.20 Å². The summed E-state index contributed by atoms with van der Waals surface area (Å²) < 4.78 is 1.96. The second-order valence-corrected chi connectivity index (χ2v) is 5.90. The molecule has 0 saturated heterocycles. The lowest BCUT2D eigenvalue weighted by Crippen LogP contribution is -2.36. The molecule has 2 aliphatic rings. The zero-order valence-corrected chi connectivity index (χ0v) is 11.6. The molecule has 2 aromatic rings. The minimum Gasteiger partial charge on any atom is -0.353 e. The Bertz CT molecular complexity index is 615. The third kappa shape index (κ3) is 1.73. The van der Waals surface area contributed by atoms with E-state index in [1.165, 1.54) is 43.5 Å². The smallest absolute Gasteiger partial charge is 0.159 e. The fraction of sp³-hybridized carbons (Fsp3) is 0.571. The molecule has 1 aliphatic heterocycles. The predicted molar refractivity (Wildman–Crippen MR) is 75.9 cm³/mol. The number of anilines is 1. The van der Waals surface area contributed by atoms with Crippen LogP contribution in [0.5, 0.6) is 0 Å². The molecule has 5 heteroatoms. The van der Waals surface area contributed by atoms with Gasteiger partial charge in [-0.05, 0) is 19.3 Å². The molecule has 100 valence electrons. The third-order valence-electron chi connectivity index (χ3n) is 4.45. The van der Waals surface area contributed by atoms with Crippen molar-refractivity contribution in [2.75, 3.05) is 11.4 Å². The normalized spacial score (nSPS) is 20.2. The van der Waals surface area contributed by atoms with E-state index in [4.69, 9.17) is 11.6 Å². The standard InChI is InChI=1S/C14H17ClN4/c15-13-11-7-9-18(10-4-2-1-3-5-10)14(11)19-12(17-13)6-8-16-19/h6,8,10H,1-5,7,9H2. The van der Waals surface area contributed by atoms with Crippen LogP contribution in [0.15, 0.2) is 12.3 Å². The molecule has 4 nitrogen and oxygen atoms in total. The fourth-order valence-corrected chi connectivity index (χ4v) is 3.79. The molecule has 0 unspecified atom stereocenters. The first-order valence-corrected chi connectivity index (χ1v) is 7.51. The molecule has 0 atom stereocenters. The largest absolute Gasteiger partial charge is 0.353 e. The number of hydrogen-bond donors (Lipinski definition) is 0. The van der Waals surface area contributed by atoms with E-state index in [0.717, 1.165) is 18.6 Å². The first-order chi connectivity index (χ1) is 9.34. The lowest BCUT2D eigenvalue weighted by atomic mass is 9.94. The van der Waals surface area contributed by atoms with Crippen molar-refractivity contribution in [3.05, 3.63) is 23.0 Å². The lowest BCUT2D eigenvalue weighted by molar-refractivity contribution is 0.417. The minimum absolute atomic E-state index is 0.654. The number of aromatic nitrogens is 3. The van der Waals surface area contributed by atoms with Gasteiger partial charge in [0.15, 0.2) is 5.65 Å². The van der Waals surface area contributed by atoms with Gasteiger partial charge in [-0.1, -0.05) is 30.9 Å². The average molecular weight is 277 g/mol. The van der Waals surface area contributed by atoms with Crippen LogP contribution in [-0.2, 0) is 6.42 Å². The molecule has 0 N–H and O–H groups in total. The molecule has 0 radical (unpaired) electrons. The molecule has 1 saturated carbocycles. The maximum absolute atomic E-state index is 6.33. The van der Waals surface area contributed by atoms with Crippen molar-refractivity contribution in [2.45, 2.75) is 44.6 Å². The van der Waals surface area contributed by atoms with Gasteiger partial charge in [0, 0.05) is 24.2 Å². The van der Waals surface area contributed by atoms with Crippen molar-refractivity contribution in [3.63, 3.8) is 0 Å². The van der Waals surface area contributed by atoms with Gasteiger partial charge in [-0.25, -0.2) is 4.98 Å². The van der Waals surface area contributed by atoms with E-state index in [2.05, 4.69) is 15.0 Å². The van der Waals surface area contributed by atoms with Crippen LogP contribution in [0.4, 0.5) is 5.82 Å². The Morgan fingerprint density at radius 3 is 2.89 bits per heavy atom. The van der Waals surface area contributed by atoms with Crippen molar-refractivity contribution >= 4 is 23.1 Å². The lowest BCUT2D eigenvalue weighted by Gasteiger charge is -2.33. The molecule has 4 rings (SSSR count). The highest BCUT2D eigenvalue weighted by atomic mass is 35.5. The summed E-state index contributed by atoms with van der Waals surface area (Å²) in [5.74, 6) is 1.19. The molecule has 3 heterocycles. The highest BCUT2D eigenvalue weighted by Gasteiger charge is 2.31. The van der Waals surface area contributed by atoms with E-state index in [1.807, 2.05) is 10.6 Å². The average Bonchev–Trinajstić information content (AvgIpc) is 3.05. The van der Waals surface area contributed by atoms with Crippen molar-refractivity contribution in [3.8, 4) is 0 Å². The molecule has 0 spiro atoms. The van der Waals surface area contributed by atoms with Crippen LogP contribution < -0.4 is 4.90 Å². The summed E-state index contributed by atoms with van der Waals surface area (Å²) in [5, 5.41) is 5.08. The molecule has 2 aromatic heterocycles. The Morgan fingerprint density at radius 2 is 2.05 bits per heavy atom. The molecule has 1 aliphatic carbocycles. The van der Waals surface area contributed by atoms with Crippen LogP contribution in [-0.4, -0.2) is 27.2 Å². The number of halogens is 1. The second-order valence-electron chi connectivity index (χ2n) is 5.54. The summed E-state index contributed by atoms with van der Waals surface area (Å²) in [4.78, 5) is 6.94. The summed E-state index contributed by atoms with van der Waals surface area (Å²) >= 11 is 6.33. The summed E-state index contributed by atoms with van der Waals surface area (Å²) in [6, 6.07) is 2.57. The SMILES string of the molecule is Clc1nc2ccnn2c2c1CCN2C1CCCCC1. The number of fused-ring (bicyclic) bond motifs is 3.